The molecule has 2 aromatic rings. The van der Waals surface area contributed by atoms with Gasteiger partial charge in [0, 0.05) is 30.9 Å². The first-order chi connectivity index (χ1) is 12.2. The number of benzene rings is 1. The number of methoxy groups -OCH3 is 1. The molecule has 1 aliphatic rings. The monoisotopic (exact) mass is 360 g/mol. The van der Waals surface area contributed by atoms with E-state index < -0.39 is 0 Å². The number of carbonyl (C=O) groups excluding carboxylic acids is 1. The van der Waals surface area contributed by atoms with Gasteiger partial charge >= 0.3 is 6.03 Å². The molecule has 3 rings (SSSR count). The van der Waals surface area contributed by atoms with Crippen LogP contribution in [0.5, 0.6) is 5.75 Å². The van der Waals surface area contributed by atoms with E-state index in [-0.39, 0.29) is 6.03 Å². The largest absolute Gasteiger partial charge is 0.495 e. The fourth-order valence-corrected chi connectivity index (χ4v) is 2.95. The van der Waals surface area contributed by atoms with Crippen molar-refractivity contribution in [3.05, 3.63) is 47.1 Å². The molecule has 1 fully saturated rings. The second kappa shape index (κ2) is 8.07. The van der Waals surface area contributed by atoms with Gasteiger partial charge in [-0.1, -0.05) is 17.7 Å². The Morgan fingerprint density at radius 3 is 2.76 bits per heavy atom. The molecule has 1 aromatic heterocycles. The molecule has 0 saturated carbocycles. The van der Waals surface area contributed by atoms with E-state index in [0.29, 0.717) is 23.0 Å². The second-order valence-electron chi connectivity index (χ2n) is 5.87. The van der Waals surface area contributed by atoms with Crippen molar-refractivity contribution >= 4 is 29.1 Å². The van der Waals surface area contributed by atoms with E-state index in [4.69, 9.17) is 16.3 Å². The van der Waals surface area contributed by atoms with Gasteiger partial charge in [-0.25, -0.2) is 9.78 Å². The van der Waals surface area contributed by atoms with Gasteiger partial charge in [0.1, 0.15) is 11.6 Å². The minimum atomic E-state index is -0.329. The van der Waals surface area contributed by atoms with Crippen LogP contribution in [-0.4, -0.2) is 31.2 Å². The molecule has 2 amide bonds. The number of aromatic nitrogens is 1. The number of hydrogen-bond donors (Lipinski definition) is 2. The summed E-state index contributed by atoms with van der Waals surface area (Å²) in [5.74, 6) is 1.55. The van der Waals surface area contributed by atoms with Crippen LogP contribution in [-0.2, 0) is 6.54 Å². The highest BCUT2D eigenvalue weighted by atomic mass is 35.5. The van der Waals surface area contributed by atoms with Gasteiger partial charge in [0.2, 0.25) is 0 Å². The third kappa shape index (κ3) is 4.54. The standard InChI is InChI=1S/C18H21ClN4O2/c1-25-16-6-5-14(19)10-15(16)22-18(24)21-12-13-4-7-17(20-11-13)23-8-2-3-9-23/h4-7,10-11H,2-3,8-9,12H2,1H3,(H2,21,22,24). The van der Waals surface area contributed by atoms with Crippen molar-refractivity contribution in [2.24, 2.45) is 0 Å². The average molecular weight is 361 g/mol. The Morgan fingerprint density at radius 1 is 1.28 bits per heavy atom. The second-order valence-corrected chi connectivity index (χ2v) is 6.31. The zero-order chi connectivity index (χ0) is 17.6. The molecule has 1 aliphatic heterocycles. The van der Waals surface area contributed by atoms with Crippen molar-refractivity contribution in [3.8, 4) is 5.75 Å². The number of pyridine rings is 1. The molecule has 6 nitrogen and oxygen atoms in total. The maximum absolute atomic E-state index is 12.1. The molecule has 7 heteroatoms. The molecule has 0 aliphatic carbocycles. The lowest BCUT2D eigenvalue weighted by molar-refractivity contribution is 0.251. The first-order valence-corrected chi connectivity index (χ1v) is 8.62. The first kappa shape index (κ1) is 17.4. The van der Waals surface area contributed by atoms with E-state index in [1.165, 1.54) is 12.8 Å². The zero-order valence-corrected chi connectivity index (χ0v) is 14.8. The Balaban J connectivity index is 1.54. The number of carbonyl (C=O) groups is 1. The van der Waals surface area contributed by atoms with Crippen LogP contribution in [0.2, 0.25) is 5.02 Å². The van der Waals surface area contributed by atoms with E-state index in [1.807, 2.05) is 12.1 Å². The molecule has 0 radical (unpaired) electrons. The molecular weight excluding hydrogens is 340 g/mol. The molecule has 0 atom stereocenters. The third-order valence-electron chi connectivity index (χ3n) is 4.10. The van der Waals surface area contributed by atoms with Gasteiger partial charge in [-0.15, -0.1) is 0 Å². The molecule has 0 bridgehead atoms. The number of nitrogens with zero attached hydrogens (tertiary/aromatic N) is 2. The van der Waals surface area contributed by atoms with Gasteiger partial charge in [-0.2, -0.15) is 0 Å². The van der Waals surface area contributed by atoms with Crippen molar-refractivity contribution in [1.29, 1.82) is 0 Å². The summed E-state index contributed by atoms with van der Waals surface area (Å²) < 4.78 is 5.21. The number of urea groups is 1. The average Bonchev–Trinajstić information content (AvgIpc) is 3.15. The van der Waals surface area contributed by atoms with Gasteiger partial charge in [-0.05, 0) is 42.7 Å². The SMILES string of the molecule is COc1ccc(Cl)cc1NC(=O)NCc1ccc(N2CCCC2)nc1. The van der Waals surface area contributed by atoms with Gasteiger partial charge in [0.05, 0.1) is 12.8 Å². The quantitative estimate of drug-likeness (QED) is 0.853. The summed E-state index contributed by atoms with van der Waals surface area (Å²) in [7, 11) is 1.54. The summed E-state index contributed by atoms with van der Waals surface area (Å²) in [6, 6.07) is 8.72. The summed E-state index contributed by atoms with van der Waals surface area (Å²) in [5.41, 5.74) is 1.46. The number of nitrogens with one attached hydrogen (secondary N) is 2. The maximum Gasteiger partial charge on any atom is 0.319 e. The highest BCUT2D eigenvalue weighted by molar-refractivity contribution is 6.31. The van der Waals surface area contributed by atoms with E-state index in [0.717, 1.165) is 24.5 Å². The zero-order valence-electron chi connectivity index (χ0n) is 14.1. The van der Waals surface area contributed by atoms with Crippen LogP contribution in [0.15, 0.2) is 36.5 Å². The fourth-order valence-electron chi connectivity index (χ4n) is 2.78. The van der Waals surface area contributed by atoms with Gasteiger partial charge in [-0.3, -0.25) is 0 Å². The maximum atomic E-state index is 12.1. The van der Waals surface area contributed by atoms with E-state index in [1.54, 1.807) is 31.5 Å². The van der Waals surface area contributed by atoms with Crippen LogP contribution in [0.3, 0.4) is 0 Å². The van der Waals surface area contributed by atoms with Crippen molar-refractivity contribution < 1.29 is 9.53 Å². The Hall–Kier alpha value is -2.47. The predicted molar refractivity (Wildman–Crippen MR) is 99.5 cm³/mol. The molecule has 25 heavy (non-hydrogen) atoms. The molecule has 2 heterocycles. The lowest BCUT2D eigenvalue weighted by Gasteiger charge is -2.16. The number of anilines is 2. The fraction of sp³-hybridized carbons (Fsp3) is 0.333. The number of amides is 2. The summed E-state index contributed by atoms with van der Waals surface area (Å²) in [5, 5.41) is 6.07. The van der Waals surface area contributed by atoms with E-state index in [2.05, 4.69) is 20.5 Å². The number of rotatable bonds is 5. The number of halogens is 1. The Labute approximate surface area is 152 Å². The molecular formula is C18H21ClN4O2. The van der Waals surface area contributed by atoms with Crippen LogP contribution in [0.1, 0.15) is 18.4 Å². The summed E-state index contributed by atoms with van der Waals surface area (Å²) >= 11 is 5.96. The van der Waals surface area contributed by atoms with Crippen molar-refractivity contribution in [2.45, 2.75) is 19.4 Å². The molecule has 2 N–H and O–H groups in total. The lowest BCUT2D eigenvalue weighted by Crippen LogP contribution is -2.28. The van der Waals surface area contributed by atoms with Gasteiger partial charge in [0.25, 0.3) is 0 Å². The van der Waals surface area contributed by atoms with Crippen LogP contribution in [0.25, 0.3) is 0 Å². The summed E-state index contributed by atoms with van der Waals surface area (Å²) in [6.45, 7) is 2.52. The smallest absolute Gasteiger partial charge is 0.319 e. The Morgan fingerprint density at radius 2 is 2.08 bits per heavy atom. The molecule has 1 aromatic carbocycles. The minimum Gasteiger partial charge on any atom is -0.495 e. The lowest BCUT2D eigenvalue weighted by atomic mass is 10.2. The number of hydrogen-bond acceptors (Lipinski definition) is 4. The highest BCUT2D eigenvalue weighted by Gasteiger charge is 2.13. The molecule has 132 valence electrons. The van der Waals surface area contributed by atoms with Crippen molar-refractivity contribution in [3.63, 3.8) is 0 Å². The molecule has 0 unspecified atom stereocenters. The summed E-state index contributed by atoms with van der Waals surface area (Å²) in [6.07, 6.45) is 4.24. The minimum absolute atomic E-state index is 0.329. The Kier molecular flexibility index (Phi) is 5.60. The Bertz CT molecular complexity index is 730. The van der Waals surface area contributed by atoms with Gasteiger partial charge in [0.15, 0.2) is 0 Å². The first-order valence-electron chi connectivity index (χ1n) is 8.24. The third-order valence-corrected chi connectivity index (χ3v) is 4.34. The van der Waals surface area contributed by atoms with Crippen molar-refractivity contribution in [2.75, 3.05) is 30.4 Å². The van der Waals surface area contributed by atoms with E-state index in [9.17, 15) is 4.79 Å². The van der Waals surface area contributed by atoms with Gasteiger partial charge < -0.3 is 20.3 Å². The van der Waals surface area contributed by atoms with Crippen LogP contribution in [0.4, 0.5) is 16.3 Å². The predicted octanol–water partition coefficient (Wildman–Crippen LogP) is 3.67. The van der Waals surface area contributed by atoms with E-state index >= 15 is 0 Å². The van der Waals surface area contributed by atoms with Crippen LogP contribution in [0, 0.1) is 0 Å². The van der Waals surface area contributed by atoms with Crippen LogP contribution >= 0.6 is 11.6 Å². The highest BCUT2D eigenvalue weighted by Crippen LogP contribution is 2.27. The molecule has 0 spiro atoms. The number of ether oxygens (including phenoxy) is 1. The summed E-state index contributed by atoms with van der Waals surface area (Å²) in [4.78, 5) is 18.8. The molecule has 1 saturated heterocycles. The van der Waals surface area contributed by atoms with Crippen molar-refractivity contribution in [1.82, 2.24) is 10.3 Å². The van der Waals surface area contributed by atoms with Crippen LogP contribution < -0.4 is 20.3 Å². The normalized spacial score (nSPS) is 13.6. The topological polar surface area (TPSA) is 66.5 Å².